The van der Waals surface area contributed by atoms with Gasteiger partial charge in [-0.05, 0) is 24.3 Å². The van der Waals surface area contributed by atoms with E-state index in [4.69, 9.17) is 0 Å². The fourth-order valence-corrected chi connectivity index (χ4v) is 1.80. The first-order valence-electron chi connectivity index (χ1n) is 5.54. The number of hydrogen-bond donors (Lipinski definition) is 1. The van der Waals surface area contributed by atoms with E-state index in [1.54, 1.807) is 24.7 Å². The molecule has 0 spiro atoms. The highest BCUT2D eigenvalue weighted by Crippen LogP contribution is 2.13. The van der Waals surface area contributed by atoms with Crippen molar-refractivity contribution >= 4 is 16.8 Å². The van der Waals surface area contributed by atoms with Gasteiger partial charge in [0.15, 0.2) is 5.78 Å². The van der Waals surface area contributed by atoms with Gasteiger partial charge >= 0.3 is 0 Å². The number of aromatic amines is 1. The maximum atomic E-state index is 12.1. The van der Waals surface area contributed by atoms with Crippen LogP contribution in [0.4, 0.5) is 0 Å². The number of imidazole rings is 1. The lowest BCUT2D eigenvalue weighted by atomic mass is 10.1. The van der Waals surface area contributed by atoms with E-state index in [0.29, 0.717) is 5.56 Å². The van der Waals surface area contributed by atoms with Crippen LogP contribution in [0.1, 0.15) is 16.1 Å². The number of hydrogen-bond acceptors (Lipinski definition) is 4. The van der Waals surface area contributed by atoms with Crippen molar-refractivity contribution in [2.75, 3.05) is 0 Å². The molecule has 0 saturated heterocycles. The molecule has 0 radical (unpaired) electrons. The van der Waals surface area contributed by atoms with Crippen LogP contribution in [0, 0.1) is 0 Å². The van der Waals surface area contributed by atoms with Crippen molar-refractivity contribution in [2.24, 2.45) is 0 Å². The summed E-state index contributed by atoms with van der Waals surface area (Å²) in [6, 6.07) is 7.17. The molecule has 0 fully saturated rings. The molecular weight excluding hydrogens is 228 g/mol. The average molecular weight is 238 g/mol. The number of ketones is 1. The Kier molecular flexibility index (Phi) is 2.57. The summed E-state index contributed by atoms with van der Waals surface area (Å²) in [5.74, 6) is 0.0326. The molecular formula is C13H10N4O. The first kappa shape index (κ1) is 10.6. The molecule has 0 saturated carbocycles. The molecule has 2 heterocycles. The van der Waals surface area contributed by atoms with Crippen LogP contribution in [0.25, 0.3) is 11.0 Å². The second-order valence-corrected chi connectivity index (χ2v) is 3.94. The van der Waals surface area contributed by atoms with Gasteiger partial charge in [-0.2, -0.15) is 0 Å². The number of rotatable bonds is 3. The van der Waals surface area contributed by atoms with Crippen molar-refractivity contribution in [1.29, 1.82) is 0 Å². The zero-order valence-electron chi connectivity index (χ0n) is 9.50. The van der Waals surface area contributed by atoms with Gasteiger partial charge in [0, 0.05) is 11.8 Å². The lowest BCUT2D eigenvalue weighted by molar-refractivity contribution is 0.0992. The Morgan fingerprint density at radius 3 is 3.00 bits per heavy atom. The molecule has 3 rings (SSSR count). The molecule has 0 atom stereocenters. The van der Waals surface area contributed by atoms with Crippen LogP contribution >= 0.6 is 0 Å². The van der Waals surface area contributed by atoms with Crippen LogP contribution in [0.2, 0.25) is 0 Å². The number of H-pyrrole nitrogens is 1. The van der Waals surface area contributed by atoms with E-state index in [1.165, 1.54) is 6.33 Å². The second-order valence-electron chi connectivity index (χ2n) is 3.94. The number of carbonyl (C=O) groups is 1. The van der Waals surface area contributed by atoms with E-state index in [2.05, 4.69) is 19.9 Å². The summed E-state index contributed by atoms with van der Waals surface area (Å²) in [5.41, 5.74) is 3.10. The van der Waals surface area contributed by atoms with E-state index in [1.807, 2.05) is 12.1 Å². The molecule has 1 N–H and O–H groups in total. The number of carbonyl (C=O) groups excluding carboxylic acids is 1. The zero-order valence-corrected chi connectivity index (χ0v) is 9.50. The van der Waals surface area contributed by atoms with Crippen molar-refractivity contribution in [1.82, 2.24) is 19.9 Å². The van der Waals surface area contributed by atoms with Gasteiger partial charge in [0.1, 0.15) is 6.33 Å². The molecule has 18 heavy (non-hydrogen) atoms. The predicted molar refractivity (Wildman–Crippen MR) is 66.2 cm³/mol. The number of nitrogens with zero attached hydrogens (tertiary/aromatic N) is 3. The van der Waals surface area contributed by atoms with Gasteiger partial charge in [-0.3, -0.25) is 4.79 Å². The Morgan fingerprint density at radius 2 is 2.17 bits per heavy atom. The lowest BCUT2D eigenvalue weighted by Gasteiger charge is -2.00. The van der Waals surface area contributed by atoms with Crippen molar-refractivity contribution in [2.45, 2.75) is 6.42 Å². The molecule has 88 valence electrons. The Morgan fingerprint density at radius 1 is 1.22 bits per heavy atom. The SMILES string of the molecule is O=C(Cc1ccncn1)c1ccc2nc[nH]c2c1. The molecule has 0 aliphatic heterocycles. The van der Waals surface area contributed by atoms with E-state index < -0.39 is 0 Å². The molecule has 0 bridgehead atoms. The minimum absolute atomic E-state index is 0.0326. The van der Waals surface area contributed by atoms with Gasteiger partial charge in [0.25, 0.3) is 0 Å². The quantitative estimate of drug-likeness (QED) is 0.706. The van der Waals surface area contributed by atoms with Crippen LogP contribution in [-0.4, -0.2) is 25.7 Å². The third kappa shape index (κ3) is 1.98. The van der Waals surface area contributed by atoms with Crippen molar-refractivity contribution in [3.05, 3.63) is 54.4 Å². The van der Waals surface area contributed by atoms with Crippen molar-refractivity contribution in [3.8, 4) is 0 Å². The number of fused-ring (bicyclic) bond motifs is 1. The minimum atomic E-state index is 0.0326. The molecule has 5 heteroatoms. The first-order valence-corrected chi connectivity index (χ1v) is 5.54. The Bertz CT molecular complexity index is 690. The third-order valence-electron chi connectivity index (χ3n) is 2.73. The van der Waals surface area contributed by atoms with Gasteiger partial charge in [-0.25, -0.2) is 15.0 Å². The van der Waals surface area contributed by atoms with Crippen LogP contribution in [0.5, 0.6) is 0 Å². The summed E-state index contributed by atoms with van der Waals surface area (Å²) < 4.78 is 0. The molecule has 0 aliphatic carbocycles. The summed E-state index contributed by atoms with van der Waals surface area (Å²) >= 11 is 0. The molecule has 1 aromatic carbocycles. The summed E-state index contributed by atoms with van der Waals surface area (Å²) in [6.07, 6.45) is 4.97. The Labute approximate surface area is 103 Å². The predicted octanol–water partition coefficient (Wildman–Crippen LogP) is 1.78. The highest BCUT2D eigenvalue weighted by molar-refractivity contribution is 5.99. The van der Waals surface area contributed by atoms with Crippen LogP contribution in [0.3, 0.4) is 0 Å². The van der Waals surface area contributed by atoms with Gasteiger partial charge in [0.05, 0.1) is 29.5 Å². The van der Waals surface area contributed by atoms with E-state index in [-0.39, 0.29) is 12.2 Å². The fraction of sp³-hybridized carbons (Fsp3) is 0.0769. The monoisotopic (exact) mass is 238 g/mol. The summed E-state index contributed by atoms with van der Waals surface area (Å²) in [5, 5.41) is 0. The maximum absolute atomic E-state index is 12.1. The van der Waals surface area contributed by atoms with Gasteiger partial charge in [0.2, 0.25) is 0 Å². The zero-order chi connectivity index (χ0) is 12.4. The topological polar surface area (TPSA) is 71.5 Å². The number of Topliss-reactive ketones (excluding diaryl/α,β-unsaturated/α-hetero) is 1. The van der Waals surface area contributed by atoms with Crippen LogP contribution < -0.4 is 0 Å². The normalized spacial score (nSPS) is 10.7. The molecule has 0 amide bonds. The maximum Gasteiger partial charge on any atom is 0.168 e. The van der Waals surface area contributed by atoms with Crippen LogP contribution in [-0.2, 0) is 6.42 Å². The second kappa shape index (κ2) is 4.37. The lowest BCUT2D eigenvalue weighted by Crippen LogP contribution is -2.05. The Balaban J connectivity index is 1.87. The fourth-order valence-electron chi connectivity index (χ4n) is 1.80. The smallest absolute Gasteiger partial charge is 0.168 e. The highest BCUT2D eigenvalue weighted by Gasteiger charge is 2.09. The largest absolute Gasteiger partial charge is 0.345 e. The summed E-state index contributed by atoms with van der Waals surface area (Å²) in [6.45, 7) is 0. The van der Waals surface area contributed by atoms with Gasteiger partial charge in [-0.15, -0.1) is 0 Å². The first-order chi connectivity index (χ1) is 8.83. The van der Waals surface area contributed by atoms with E-state index in [9.17, 15) is 4.79 Å². The Hall–Kier alpha value is -2.56. The highest BCUT2D eigenvalue weighted by atomic mass is 16.1. The molecule has 0 aliphatic rings. The molecule has 2 aromatic heterocycles. The van der Waals surface area contributed by atoms with Gasteiger partial charge in [-0.1, -0.05) is 0 Å². The van der Waals surface area contributed by atoms with Crippen LogP contribution in [0.15, 0.2) is 43.1 Å². The molecule has 0 unspecified atom stereocenters. The minimum Gasteiger partial charge on any atom is -0.345 e. The number of nitrogens with one attached hydrogen (secondary N) is 1. The van der Waals surface area contributed by atoms with E-state index >= 15 is 0 Å². The number of aromatic nitrogens is 4. The van der Waals surface area contributed by atoms with Gasteiger partial charge < -0.3 is 4.98 Å². The summed E-state index contributed by atoms with van der Waals surface area (Å²) in [4.78, 5) is 27.1. The molecule has 5 nitrogen and oxygen atoms in total. The van der Waals surface area contributed by atoms with E-state index in [0.717, 1.165) is 16.7 Å². The third-order valence-corrected chi connectivity index (χ3v) is 2.73. The van der Waals surface area contributed by atoms with Crippen molar-refractivity contribution < 1.29 is 4.79 Å². The standard InChI is InChI=1S/C13H10N4O/c18-13(6-10-3-4-14-7-15-10)9-1-2-11-12(5-9)17-8-16-11/h1-5,7-8H,6H2,(H,16,17). The summed E-state index contributed by atoms with van der Waals surface area (Å²) in [7, 11) is 0. The van der Waals surface area contributed by atoms with Crippen molar-refractivity contribution in [3.63, 3.8) is 0 Å². The molecule has 3 aromatic rings. The number of benzene rings is 1. The average Bonchev–Trinajstić information content (AvgIpc) is 2.87.